The van der Waals surface area contributed by atoms with Gasteiger partial charge >= 0.3 is 17.9 Å². The van der Waals surface area contributed by atoms with Crippen LogP contribution in [0.4, 0.5) is 0 Å². The van der Waals surface area contributed by atoms with E-state index in [4.69, 9.17) is 14.2 Å². The van der Waals surface area contributed by atoms with E-state index in [0.29, 0.717) is 19.3 Å². The molecule has 0 rings (SSSR count). The van der Waals surface area contributed by atoms with Gasteiger partial charge in [0.25, 0.3) is 0 Å². The Hall–Kier alpha value is -3.41. The Labute approximate surface area is 484 Å². The van der Waals surface area contributed by atoms with Crippen LogP contribution in [0, 0.1) is 0 Å². The largest absolute Gasteiger partial charge is 0.462 e. The van der Waals surface area contributed by atoms with Gasteiger partial charge in [-0.05, 0) is 116 Å². The Balaban J connectivity index is 4.34. The van der Waals surface area contributed by atoms with E-state index >= 15 is 0 Å². The Morgan fingerprint density at radius 2 is 0.474 bits per heavy atom. The van der Waals surface area contributed by atoms with Gasteiger partial charge < -0.3 is 14.2 Å². The Bertz CT molecular complexity index is 1480. The second-order valence-electron chi connectivity index (χ2n) is 22.4. The van der Waals surface area contributed by atoms with Crippen molar-refractivity contribution in [2.45, 2.75) is 341 Å². The lowest BCUT2D eigenvalue weighted by molar-refractivity contribution is -0.167. The third kappa shape index (κ3) is 63.4. The lowest BCUT2D eigenvalue weighted by Gasteiger charge is -2.18. The molecule has 1 atom stereocenters. The van der Waals surface area contributed by atoms with Crippen LogP contribution in [0.15, 0.2) is 85.1 Å². The number of ether oxygens (including phenoxy) is 3. The van der Waals surface area contributed by atoms with Crippen molar-refractivity contribution in [3.63, 3.8) is 0 Å². The van der Waals surface area contributed by atoms with E-state index < -0.39 is 6.10 Å². The molecule has 0 N–H and O–H groups in total. The lowest BCUT2D eigenvalue weighted by Crippen LogP contribution is -2.30. The van der Waals surface area contributed by atoms with Crippen molar-refractivity contribution >= 4 is 17.9 Å². The van der Waals surface area contributed by atoms with E-state index in [-0.39, 0.29) is 31.1 Å². The van der Waals surface area contributed by atoms with E-state index in [9.17, 15) is 14.4 Å². The first-order chi connectivity index (χ1) is 38.5. The fourth-order valence-corrected chi connectivity index (χ4v) is 9.50. The van der Waals surface area contributed by atoms with Crippen LogP contribution < -0.4 is 0 Å². The van der Waals surface area contributed by atoms with E-state index in [1.807, 2.05) is 0 Å². The Morgan fingerprint density at radius 1 is 0.256 bits per heavy atom. The van der Waals surface area contributed by atoms with Gasteiger partial charge in [0.2, 0.25) is 0 Å². The lowest BCUT2D eigenvalue weighted by atomic mass is 10.0. The summed E-state index contributed by atoms with van der Waals surface area (Å²) in [7, 11) is 0. The highest BCUT2D eigenvalue weighted by atomic mass is 16.6. The second kappa shape index (κ2) is 66.1. The summed E-state index contributed by atoms with van der Waals surface area (Å²) in [5.41, 5.74) is 0. The molecule has 6 nitrogen and oxygen atoms in total. The monoisotopic (exact) mass is 1090 g/mol. The van der Waals surface area contributed by atoms with Crippen molar-refractivity contribution in [2.24, 2.45) is 0 Å². The van der Waals surface area contributed by atoms with Crippen LogP contribution in [0.2, 0.25) is 0 Å². The smallest absolute Gasteiger partial charge is 0.306 e. The number of carbonyl (C=O) groups excluding carboxylic acids is 3. The molecule has 0 aliphatic rings. The summed E-state index contributed by atoms with van der Waals surface area (Å²) in [6.45, 7) is 6.59. The average molecular weight is 1090 g/mol. The predicted octanol–water partition coefficient (Wildman–Crippen LogP) is 23.1. The third-order valence-corrected chi connectivity index (χ3v) is 14.6. The summed E-state index contributed by atoms with van der Waals surface area (Å²) >= 11 is 0. The summed E-state index contributed by atoms with van der Waals surface area (Å²) < 4.78 is 16.9. The molecule has 0 amide bonds. The van der Waals surface area contributed by atoms with Gasteiger partial charge in [-0.15, -0.1) is 0 Å². The second-order valence-corrected chi connectivity index (χ2v) is 22.4. The van der Waals surface area contributed by atoms with Gasteiger partial charge in [0.15, 0.2) is 6.10 Å². The predicted molar refractivity (Wildman–Crippen MR) is 339 cm³/mol. The summed E-state index contributed by atoms with van der Waals surface area (Å²) in [5, 5.41) is 0. The van der Waals surface area contributed by atoms with Crippen LogP contribution >= 0.6 is 0 Å². The van der Waals surface area contributed by atoms with Crippen molar-refractivity contribution in [1.82, 2.24) is 0 Å². The van der Waals surface area contributed by atoms with Gasteiger partial charge in [0.05, 0.1) is 0 Å². The van der Waals surface area contributed by atoms with E-state index in [0.717, 1.165) is 116 Å². The molecule has 0 aromatic heterocycles. The zero-order chi connectivity index (χ0) is 56.4. The van der Waals surface area contributed by atoms with Crippen molar-refractivity contribution in [1.29, 1.82) is 0 Å². The minimum Gasteiger partial charge on any atom is -0.462 e. The zero-order valence-corrected chi connectivity index (χ0v) is 51.7. The average Bonchev–Trinajstić information content (AvgIpc) is 3.44. The minimum atomic E-state index is -0.792. The molecule has 78 heavy (non-hydrogen) atoms. The van der Waals surface area contributed by atoms with Crippen molar-refractivity contribution in [3.05, 3.63) is 85.1 Å². The third-order valence-electron chi connectivity index (χ3n) is 14.6. The molecule has 0 saturated heterocycles. The first kappa shape index (κ1) is 74.6. The van der Waals surface area contributed by atoms with Crippen molar-refractivity contribution in [3.8, 4) is 0 Å². The highest BCUT2D eigenvalue weighted by Crippen LogP contribution is 2.16. The molecule has 0 aromatic rings. The minimum absolute atomic E-state index is 0.0857. The number of unbranched alkanes of at least 4 members (excludes halogenated alkanes) is 36. The molecule has 0 aliphatic heterocycles. The number of esters is 3. The van der Waals surface area contributed by atoms with Gasteiger partial charge in [-0.1, -0.05) is 286 Å². The van der Waals surface area contributed by atoms with E-state index in [1.165, 1.54) is 180 Å². The molecule has 0 aliphatic carbocycles. The molecule has 450 valence electrons. The molecule has 1 unspecified atom stereocenters. The van der Waals surface area contributed by atoms with Crippen LogP contribution in [0.5, 0.6) is 0 Å². The maximum Gasteiger partial charge on any atom is 0.306 e. The maximum atomic E-state index is 12.9. The van der Waals surface area contributed by atoms with Crippen LogP contribution in [0.3, 0.4) is 0 Å². The van der Waals surface area contributed by atoms with Gasteiger partial charge in [-0.25, -0.2) is 0 Å². The summed E-state index contributed by atoms with van der Waals surface area (Å²) in [5.74, 6) is -0.900. The quantitative estimate of drug-likeness (QED) is 0.0261. The van der Waals surface area contributed by atoms with E-state index in [1.54, 1.807) is 0 Å². The number of hydrogen-bond donors (Lipinski definition) is 0. The number of carbonyl (C=O) groups is 3. The van der Waals surface area contributed by atoms with Crippen molar-refractivity contribution in [2.75, 3.05) is 13.2 Å². The van der Waals surface area contributed by atoms with Crippen LogP contribution in [0.1, 0.15) is 335 Å². The van der Waals surface area contributed by atoms with Gasteiger partial charge in [-0.2, -0.15) is 0 Å². The number of rotatable bonds is 61. The van der Waals surface area contributed by atoms with Gasteiger partial charge in [-0.3, -0.25) is 14.4 Å². The van der Waals surface area contributed by atoms with Gasteiger partial charge in [0.1, 0.15) is 13.2 Å². The summed E-state index contributed by atoms with van der Waals surface area (Å²) in [6, 6.07) is 0. The first-order valence-electron chi connectivity index (χ1n) is 33.6. The molecule has 0 fully saturated rings. The van der Waals surface area contributed by atoms with Crippen LogP contribution in [-0.2, 0) is 28.6 Å². The molecule has 0 spiro atoms. The van der Waals surface area contributed by atoms with Gasteiger partial charge in [0, 0.05) is 19.3 Å². The first-order valence-corrected chi connectivity index (χ1v) is 33.6. The number of allylic oxidation sites excluding steroid dienone is 14. The SMILES string of the molecule is CCCC/C=C\C/C=C\CCCCCCCC(=O)OCC(COC(=O)CCCCCCCCCCCCCCC/C=C\C/C=C\CCCCCCC)OC(=O)CCCCCCCC/C=C\C/C=C\C/C=C\CCCCCCC. The van der Waals surface area contributed by atoms with Crippen LogP contribution in [0.25, 0.3) is 0 Å². The zero-order valence-electron chi connectivity index (χ0n) is 51.7. The fourth-order valence-electron chi connectivity index (χ4n) is 9.50. The molecule has 0 aromatic carbocycles. The fraction of sp³-hybridized carbons (Fsp3) is 0.764. The molecule has 0 radical (unpaired) electrons. The molecule has 0 heterocycles. The standard InChI is InChI=1S/C72H126O6/c1-4-7-10-13-16-19-22-25-28-30-32-34-35-36-37-39-40-42-44-47-50-53-56-59-62-65-71(74)77-68-69(67-76-70(73)64-61-58-55-52-49-46-27-24-21-18-15-12-9-6-3)78-72(75)66-63-60-57-54-51-48-45-43-41-38-33-31-29-26-23-20-17-14-11-8-5-2/h15,18,22-27,30-33,41,43,69H,4-14,16-17,19-21,28-29,34-40,42,44-68H2,1-3H3/b18-15-,25-22-,26-23-,27-24-,32-30-,33-31-,43-41-. The molecular weight excluding hydrogens is 961 g/mol. The van der Waals surface area contributed by atoms with E-state index in [2.05, 4.69) is 106 Å². The Morgan fingerprint density at radius 3 is 0.756 bits per heavy atom. The summed E-state index contributed by atoms with van der Waals surface area (Å²) in [6.07, 6.45) is 87.3. The highest BCUT2D eigenvalue weighted by molar-refractivity contribution is 5.71. The topological polar surface area (TPSA) is 78.9 Å². The number of hydrogen-bond acceptors (Lipinski definition) is 6. The molecule has 6 heteroatoms. The summed E-state index contributed by atoms with van der Waals surface area (Å²) in [4.78, 5) is 38.4. The highest BCUT2D eigenvalue weighted by Gasteiger charge is 2.19. The molecular formula is C72H126O6. The maximum absolute atomic E-state index is 12.9. The molecule has 0 bridgehead atoms. The van der Waals surface area contributed by atoms with Crippen molar-refractivity contribution < 1.29 is 28.6 Å². The van der Waals surface area contributed by atoms with Crippen LogP contribution in [-0.4, -0.2) is 37.2 Å². The Kier molecular flexibility index (Phi) is 63.2. The normalized spacial score (nSPS) is 12.6. The molecule has 0 saturated carbocycles.